The lowest BCUT2D eigenvalue weighted by Crippen LogP contribution is -2.35. The number of carboxylic acid groups (broad SMARTS) is 1. The minimum atomic E-state index is -1.01. The Morgan fingerprint density at radius 1 is 1.08 bits per heavy atom. The number of amides is 2. The fourth-order valence-electron chi connectivity index (χ4n) is 4.89. The quantitative estimate of drug-likeness (QED) is 0.334. The normalized spacial score (nSPS) is 13.6. The van der Waals surface area contributed by atoms with E-state index in [2.05, 4.69) is 11.1 Å². The van der Waals surface area contributed by atoms with Crippen LogP contribution in [0.3, 0.4) is 0 Å². The lowest BCUT2D eigenvalue weighted by Gasteiger charge is -2.25. The lowest BCUT2D eigenvalue weighted by molar-refractivity contribution is -0.140. The fraction of sp³-hybridized carbons (Fsp3) is 0.233. The van der Waals surface area contributed by atoms with Crippen LogP contribution >= 0.6 is 11.3 Å². The molecule has 198 valence electrons. The van der Waals surface area contributed by atoms with Crippen LogP contribution in [0, 0.1) is 5.92 Å². The Kier molecular flexibility index (Phi) is 7.51. The van der Waals surface area contributed by atoms with Gasteiger partial charge < -0.3 is 5.11 Å². The van der Waals surface area contributed by atoms with Crippen molar-refractivity contribution in [3.63, 3.8) is 0 Å². The van der Waals surface area contributed by atoms with Gasteiger partial charge in [0.05, 0.1) is 18.0 Å². The first kappa shape index (κ1) is 26.2. The molecule has 0 unspecified atom stereocenters. The van der Waals surface area contributed by atoms with Crippen LogP contribution in [0.15, 0.2) is 72.2 Å². The molecule has 1 aliphatic heterocycles. The number of anilines is 2. The van der Waals surface area contributed by atoms with E-state index in [9.17, 15) is 19.5 Å². The van der Waals surface area contributed by atoms with Crippen LogP contribution in [-0.4, -0.2) is 47.0 Å². The van der Waals surface area contributed by atoms with Gasteiger partial charge in [-0.3, -0.25) is 24.2 Å². The molecule has 2 amide bonds. The highest BCUT2D eigenvalue weighted by Crippen LogP contribution is 2.36. The Morgan fingerprint density at radius 3 is 2.54 bits per heavy atom. The topological polar surface area (TPSA) is 104 Å². The SMILES string of the molecule is CN(C(=O)[C@@H](CC(=O)O)Cc1ccccc1)c1nc(-c2ccccc2-c2cnc3c(c2)CCC(=O)N3C)cs1. The van der Waals surface area contributed by atoms with E-state index < -0.39 is 11.9 Å². The number of benzene rings is 2. The van der Waals surface area contributed by atoms with Crippen molar-refractivity contribution in [1.82, 2.24) is 9.97 Å². The molecule has 0 fully saturated rings. The molecule has 39 heavy (non-hydrogen) atoms. The first-order valence-electron chi connectivity index (χ1n) is 12.7. The number of aromatic nitrogens is 2. The van der Waals surface area contributed by atoms with Crippen LogP contribution in [0.25, 0.3) is 22.4 Å². The molecular formula is C30H28N4O4S. The number of hydrogen-bond donors (Lipinski definition) is 1. The van der Waals surface area contributed by atoms with Crippen LogP contribution in [-0.2, 0) is 27.2 Å². The molecule has 0 radical (unpaired) electrons. The van der Waals surface area contributed by atoms with E-state index in [-0.39, 0.29) is 18.2 Å². The van der Waals surface area contributed by atoms with Gasteiger partial charge in [-0.25, -0.2) is 9.97 Å². The number of fused-ring (bicyclic) bond motifs is 1. The van der Waals surface area contributed by atoms with Crippen LogP contribution in [0.2, 0.25) is 0 Å². The second kappa shape index (κ2) is 11.2. The van der Waals surface area contributed by atoms with Gasteiger partial charge in [-0.15, -0.1) is 11.3 Å². The number of aryl methyl sites for hydroxylation is 1. The lowest BCUT2D eigenvalue weighted by atomic mass is 9.95. The molecule has 0 aliphatic carbocycles. The summed E-state index contributed by atoms with van der Waals surface area (Å²) in [4.78, 5) is 49.4. The number of pyridine rings is 1. The summed E-state index contributed by atoms with van der Waals surface area (Å²) >= 11 is 1.34. The molecule has 5 rings (SSSR count). The average Bonchev–Trinajstić information content (AvgIpc) is 3.44. The van der Waals surface area contributed by atoms with Gasteiger partial charge in [0.15, 0.2) is 5.13 Å². The zero-order chi connectivity index (χ0) is 27.5. The maximum atomic E-state index is 13.4. The Balaban J connectivity index is 1.41. The Labute approximate surface area is 230 Å². The molecule has 1 aliphatic rings. The van der Waals surface area contributed by atoms with Crippen LogP contribution in [0.5, 0.6) is 0 Å². The molecule has 0 saturated heterocycles. The minimum absolute atomic E-state index is 0.0613. The number of hydrogen-bond acceptors (Lipinski definition) is 6. The van der Waals surface area contributed by atoms with Crippen molar-refractivity contribution < 1.29 is 19.5 Å². The Bertz CT molecular complexity index is 1530. The summed E-state index contributed by atoms with van der Waals surface area (Å²) in [5.41, 5.74) is 5.42. The molecule has 3 heterocycles. The molecular weight excluding hydrogens is 512 g/mol. The highest BCUT2D eigenvalue weighted by Gasteiger charge is 2.28. The van der Waals surface area contributed by atoms with Crippen molar-refractivity contribution in [3.05, 3.63) is 83.4 Å². The standard InChI is InChI=1S/C30H28N4O4S/c1-33-26(35)13-12-20-15-22(17-31-28(20)33)23-10-6-7-11-24(23)25-18-39-30(32-25)34(2)29(38)21(16-27(36)37)14-19-8-4-3-5-9-19/h3-11,15,17-18,21H,12-14,16H2,1-2H3,(H,36,37)/t21-/m1/s1. The molecule has 8 nitrogen and oxygen atoms in total. The third-order valence-electron chi connectivity index (χ3n) is 6.96. The number of aliphatic carboxylic acids is 1. The summed E-state index contributed by atoms with van der Waals surface area (Å²) in [6, 6.07) is 19.4. The van der Waals surface area contributed by atoms with Crippen LogP contribution in [0.4, 0.5) is 10.9 Å². The summed E-state index contributed by atoms with van der Waals surface area (Å²) in [5, 5.41) is 11.8. The van der Waals surface area contributed by atoms with Gasteiger partial charge in [0.2, 0.25) is 11.8 Å². The Hall–Kier alpha value is -4.37. The second-order valence-electron chi connectivity index (χ2n) is 9.60. The van der Waals surface area contributed by atoms with E-state index in [0.29, 0.717) is 35.9 Å². The number of carbonyl (C=O) groups excluding carboxylic acids is 2. The van der Waals surface area contributed by atoms with Gasteiger partial charge in [0.25, 0.3) is 0 Å². The van der Waals surface area contributed by atoms with Crippen molar-refractivity contribution >= 4 is 40.1 Å². The molecule has 0 bridgehead atoms. The highest BCUT2D eigenvalue weighted by atomic mass is 32.1. The van der Waals surface area contributed by atoms with Crippen molar-refractivity contribution in [2.24, 2.45) is 5.92 Å². The molecule has 2 aromatic heterocycles. The molecule has 4 aromatic rings. The number of nitrogens with zero attached hydrogens (tertiary/aromatic N) is 4. The number of carbonyl (C=O) groups is 3. The molecule has 0 spiro atoms. The van der Waals surface area contributed by atoms with Gasteiger partial charge in [0, 0.05) is 43.2 Å². The van der Waals surface area contributed by atoms with Gasteiger partial charge in [-0.05, 0) is 35.6 Å². The summed E-state index contributed by atoms with van der Waals surface area (Å²) in [5.74, 6) is -1.25. The fourth-order valence-corrected chi connectivity index (χ4v) is 5.68. The van der Waals surface area contributed by atoms with Gasteiger partial charge >= 0.3 is 5.97 Å². The van der Waals surface area contributed by atoms with E-state index >= 15 is 0 Å². The van der Waals surface area contributed by atoms with E-state index in [1.807, 2.05) is 60.0 Å². The summed E-state index contributed by atoms with van der Waals surface area (Å²) in [7, 11) is 3.39. The third kappa shape index (κ3) is 5.58. The number of thiazole rings is 1. The molecule has 0 saturated carbocycles. The van der Waals surface area contributed by atoms with Gasteiger partial charge in [0.1, 0.15) is 5.82 Å². The van der Waals surface area contributed by atoms with Crippen molar-refractivity contribution in [1.29, 1.82) is 0 Å². The zero-order valence-electron chi connectivity index (χ0n) is 21.7. The molecule has 1 atom stereocenters. The van der Waals surface area contributed by atoms with E-state index in [1.54, 1.807) is 25.2 Å². The zero-order valence-corrected chi connectivity index (χ0v) is 22.5. The summed E-state index contributed by atoms with van der Waals surface area (Å²) < 4.78 is 0. The molecule has 2 aromatic carbocycles. The maximum Gasteiger partial charge on any atom is 0.304 e. The summed E-state index contributed by atoms with van der Waals surface area (Å²) in [6.45, 7) is 0. The largest absolute Gasteiger partial charge is 0.481 e. The first-order valence-corrected chi connectivity index (χ1v) is 13.5. The van der Waals surface area contributed by atoms with Crippen LogP contribution < -0.4 is 9.80 Å². The second-order valence-corrected chi connectivity index (χ2v) is 10.4. The third-order valence-corrected chi connectivity index (χ3v) is 7.88. The Morgan fingerprint density at radius 2 is 1.79 bits per heavy atom. The summed E-state index contributed by atoms with van der Waals surface area (Å²) in [6.07, 6.45) is 2.96. The van der Waals surface area contributed by atoms with Gasteiger partial charge in [-0.2, -0.15) is 0 Å². The van der Waals surface area contributed by atoms with E-state index in [4.69, 9.17) is 4.98 Å². The van der Waals surface area contributed by atoms with E-state index in [1.165, 1.54) is 16.2 Å². The van der Waals surface area contributed by atoms with Crippen molar-refractivity contribution in [2.45, 2.75) is 25.7 Å². The predicted molar refractivity (Wildman–Crippen MR) is 152 cm³/mol. The maximum absolute atomic E-state index is 13.4. The number of rotatable bonds is 8. The van der Waals surface area contributed by atoms with Crippen molar-refractivity contribution in [2.75, 3.05) is 23.9 Å². The first-order chi connectivity index (χ1) is 18.8. The number of carboxylic acids is 1. The van der Waals surface area contributed by atoms with Crippen LogP contribution in [0.1, 0.15) is 24.0 Å². The van der Waals surface area contributed by atoms with E-state index in [0.717, 1.165) is 27.8 Å². The molecule has 1 N–H and O–H groups in total. The van der Waals surface area contributed by atoms with Crippen molar-refractivity contribution in [3.8, 4) is 22.4 Å². The highest BCUT2D eigenvalue weighted by molar-refractivity contribution is 7.14. The van der Waals surface area contributed by atoms with Gasteiger partial charge in [-0.1, -0.05) is 54.6 Å². The monoisotopic (exact) mass is 540 g/mol. The smallest absolute Gasteiger partial charge is 0.304 e. The minimum Gasteiger partial charge on any atom is -0.481 e. The average molecular weight is 541 g/mol. The predicted octanol–water partition coefficient (Wildman–Crippen LogP) is 5.08. The molecule has 9 heteroatoms.